The number of nitrogens with zero attached hydrogens (tertiary/aromatic N) is 1. The summed E-state index contributed by atoms with van der Waals surface area (Å²) in [4.78, 5) is 52.4. The summed E-state index contributed by atoms with van der Waals surface area (Å²) < 4.78 is 0. The maximum Gasteiger partial charge on any atom is 0.328 e. The van der Waals surface area contributed by atoms with Gasteiger partial charge in [-0.25, -0.2) is 4.79 Å². The Morgan fingerprint density at radius 2 is 1.89 bits per heavy atom. The molecule has 4 rings (SSSR count). The average Bonchev–Trinajstić information content (AvgIpc) is 3.40. The predicted octanol–water partition coefficient (Wildman–Crippen LogP) is 3.83. The number of halogens is 1. The lowest BCUT2D eigenvalue weighted by molar-refractivity contribution is -0.139. The van der Waals surface area contributed by atoms with Crippen LogP contribution in [0.1, 0.15) is 52.6 Å². The highest BCUT2D eigenvalue weighted by atomic mass is 35.5. The minimum atomic E-state index is -1.29. The molecule has 2 aromatic carbocycles. The van der Waals surface area contributed by atoms with Crippen molar-refractivity contribution >= 4 is 46.6 Å². The number of carbonyl (C=O) groups excluding carboxylic acids is 3. The normalized spacial score (nSPS) is 13.4. The molecule has 37 heavy (non-hydrogen) atoms. The van der Waals surface area contributed by atoms with E-state index in [2.05, 4.69) is 10.6 Å². The average molecular weight is 540 g/mol. The number of rotatable bonds is 7. The van der Waals surface area contributed by atoms with Crippen LogP contribution in [0.4, 0.5) is 0 Å². The fourth-order valence-corrected chi connectivity index (χ4v) is 5.41. The molecule has 192 valence electrons. The van der Waals surface area contributed by atoms with Gasteiger partial charge in [-0.1, -0.05) is 29.8 Å². The van der Waals surface area contributed by atoms with Crippen LogP contribution in [-0.2, 0) is 17.8 Å². The summed E-state index contributed by atoms with van der Waals surface area (Å²) in [5, 5.41) is 17.0. The summed E-state index contributed by atoms with van der Waals surface area (Å²) in [6.07, 6.45) is 0.563. The van der Waals surface area contributed by atoms with Crippen molar-refractivity contribution in [3.8, 4) is 0 Å². The molecule has 1 unspecified atom stereocenters. The number of hydrogen-bond donors (Lipinski definition) is 3. The first-order valence-corrected chi connectivity index (χ1v) is 12.9. The van der Waals surface area contributed by atoms with Crippen molar-refractivity contribution in [2.24, 2.45) is 0 Å². The van der Waals surface area contributed by atoms with Crippen molar-refractivity contribution in [2.45, 2.75) is 32.9 Å². The number of carbonyl (C=O) groups is 4. The van der Waals surface area contributed by atoms with Crippen molar-refractivity contribution in [2.75, 3.05) is 13.1 Å². The molecule has 0 saturated heterocycles. The summed E-state index contributed by atoms with van der Waals surface area (Å²) in [6, 6.07) is 10.8. The fraction of sp³-hybridized carbons (Fsp3) is 0.259. The number of nitrogens with one attached hydrogen (secondary N) is 2. The molecular weight excluding hydrogens is 514 g/mol. The van der Waals surface area contributed by atoms with E-state index in [1.165, 1.54) is 11.3 Å². The molecule has 3 amide bonds. The van der Waals surface area contributed by atoms with Gasteiger partial charge in [-0.05, 0) is 72.2 Å². The Bertz CT molecular complexity index is 1370. The second-order valence-corrected chi connectivity index (χ2v) is 10.3. The van der Waals surface area contributed by atoms with Crippen molar-refractivity contribution in [1.29, 1.82) is 0 Å². The third-order valence-electron chi connectivity index (χ3n) is 6.39. The number of benzene rings is 2. The van der Waals surface area contributed by atoms with E-state index >= 15 is 0 Å². The molecule has 1 aromatic heterocycles. The van der Waals surface area contributed by atoms with Gasteiger partial charge in [0.15, 0.2) is 0 Å². The smallest absolute Gasteiger partial charge is 0.328 e. The van der Waals surface area contributed by atoms with Crippen LogP contribution in [-0.4, -0.2) is 52.8 Å². The first kappa shape index (κ1) is 26.4. The van der Waals surface area contributed by atoms with Crippen LogP contribution in [0, 0.1) is 13.8 Å². The summed E-state index contributed by atoms with van der Waals surface area (Å²) in [7, 11) is 0. The van der Waals surface area contributed by atoms with Crippen LogP contribution in [0.2, 0.25) is 5.02 Å². The number of thiophene rings is 1. The topological polar surface area (TPSA) is 116 Å². The molecule has 3 N–H and O–H groups in total. The summed E-state index contributed by atoms with van der Waals surface area (Å²) in [5.74, 6) is -2.27. The van der Waals surface area contributed by atoms with E-state index in [-0.39, 0.29) is 12.5 Å². The molecule has 3 aromatic rings. The SMILES string of the molecule is Cc1cc2c(c(C)c1C(=O)NC(CNC(=O)c1cccs1)C(=O)O)CCN(C(=O)c1cccc(Cl)c1)C2. The second kappa shape index (κ2) is 11.1. The first-order valence-electron chi connectivity index (χ1n) is 11.7. The molecule has 10 heteroatoms. The zero-order valence-corrected chi connectivity index (χ0v) is 21.9. The molecule has 1 aliphatic rings. The Balaban J connectivity index is 1.49. The molecule has 2 heterocycles. The Hall–Kier alpha value is -3.69. The van der Waals surface area contributed by atoms with Crippen LogP contribution in [0.3, 0.4) is 0 Å². The van der Waals surface area contributed by atoms with Gasteiger partial charge in [-0.15, -0.1) is 11.3 Å². The lowest BCUT2D eigenvalue weighted by atomic mass is 9.88. The summed E-state index contributed by atoms with van der Waals surface area (Å²) >= 11 is 7.29. The molecular formula is C27H26ClN3O5S. The minimum absolute atomic E-state index is 0.112. The molecule has 0 bridgehead atoms. The molecule has 0 fully saturated rings. The molecule has 8 nitrogen and oxygen atoms in total. The monoisotopic (exact) mass is 539 g/mol. The van der Waals surface area contributed by atoms with Gasteiger partial charge in [0.1, 0.15) is 6.04 Å². The van der Waals surface area contributed by atoms with Gasteiger partial charge in [0.25, 0.3) is 17.7 Å². The number of amides is 3. The zero-order valence-electron chi connectivity index (χ0n) is 20.3. The molecule has 0 aliphatic carbocycles. The first-order chi connectivity index (χ1) is 17.7. The van der Waals surface area contributed by atoms with Gasteiger partial charge in [0.2, 0.25) is 0 Å². The van der Waals surface area contributed by atoms with E-state index in [9.17, 15) is 24.3 Å². The lowest BCUT2D eigenvalue weighted by Crippen LogP contribution is -2.48. The fourth-order valence-electron chi connectivity index (χ4n) is 4.58. The largest absolute Gasteiger partial charge is 0.480 e. The van der Waals surface area contributed by atoms with Gasteiger partial charge in [-0.2, -0.15) is 0 Å². The van der Waals surface area contributed by atoms with Crippen LogP contribution in [0.5, 0.6) is 0 Å². The number of aliphatic carboxylic acids is 1. The quantitative estimate of drug-likeness (QED) is 0.422. The maximum atomic E-state index is 13.2. The Labute approximate surface area is 223 Å². The van der Waals surface area contributed by atoms with Crippen LogP contribution < -0.4 is 10.6 Å². The third kappa shape index (κ3) is 5.84. The van der Waals surface area contributed by atoms with E-state index < -0.39 is 23.8 Å². The lowest BCUT2D eigenvalue weighted by Gasteiger charge is -2.31. The Kier molecular flexibility index (Phi) is 7.94. The van der Waals surface area contributed by atoms with E-state index in [1.807, 2.05) is 13.0 Å². The molecule has 0 spiro atoms. The highest BCUT2D eigenvalue weighted by Gasteiger charge is 2.28. The van der Waals surface area contributed by atoms with Gasteiger partial charge in [-0.3, -0.25) is 14.4 Å². The van der Waals surface area contributed by atoms with Crippen LogP contribution in [0.25, 0.3) is 0 Å². The van der Waals surface area contributed by atoms with Gasteiger partial charge >= 0.3 is 5.97 Å². The molecule has 0 saturated carbocycles. The van der Waals surface area contributed by atoms with Gasteiger partial charge < -0.3 is 20.6 Å². The predicted molar refractivity (Wildman–Crippen MR) is 141 cm³/mol. The number of hydrogen-bond acceptors (Lipinski definition) is 5. The highest BCUT2D eigenvalue weighted by molar-refractivity contribution is 7.12. The Morgan fingerprint density at radius 1 is 1.11 bits per heavy atom. The van der Waals surface area contributed by atoms with E-state index in [0.717, 1.165) is 16.7 Å². The zero-order chi connectivity index (χ0) is 26.7. The van der Waals surface area contributed by atoms with Crippen LogP contribution >= 0.6 is 22.9 Å². The number of carboxylic acid groups (broad SMARTS) is 1. The number of fused-ring (bicyclic) bond motifs is 1. The standard InChI is InChI=1S/C27H26ClN3O5S/c1-15-11-18-14-31(26(34)17-5-3-6-19(28)12-17)9-8-20(18)16(2)23(15)25(33)30-21(27(35)36)13-29-24(32)22-7-4-10-37-22/h3-7,10-12,21H,8-9,13-14H2,1-2H3,(H,29,32)(H,30,33)(H,35,36). The second-order valence-electron chi connectivity index (χ2n) is 8.87. The van der Waals surface area contributed by atoms with E-state index in [0.29, 0.717) is 46.1 Å². The minimum Gasteiger partial charge on any atom is -0.480 e. The number of aryl methyl sites for hydroxylation is 1. The summed E-state index contributed by atoms with van der Waals surface area (Å²) in [6.45, 7) is 4.26. The van der Waals surface area contributed by atoms with Crippen LogP contribution in [0.15, 0.2) is 47.8 Å². The Morgan fingerprint density at radius 3 is 2.57 bits per heavy atom. The van der Waals surface area contributed by atoms with Crippen molar-refractivity contribution in [3.05, 3.63) is 91.1 Å². The molecule has 1 aliphatic heterocycles. The molecule has 0 radical (unpaired) electrons. The third-order valence-corrected chi connectivity index (χ3v) is 7.50. The van der Waals surface area contributed by atoms with E-state index in [4.69, 9.17) is 11.6 Å². The van der Waals surface area contributed by atoms with Gasteiger partial charge in [0.05, 0.1) is 4.88 Å². The summed E-state index contributed by atoms with van der Waals surface area (Å²) in [5.41, 5.74) is 4.29. The van der Waals surface area contributed by atoms with Crippen molar-refractivity contribution in [1.82, 2.24) is 15.5 Å². The van der Waals surface area contributed by atoms with Crippen molar-refractivity contribution in [3.63, 3.8) is 0 Å². The van der Waals surface area contributed by atoms with Crippen molar-refractivity contribution < 1.29 is 24.3 Å². The number of carboxylic acids is 1. The van der Waals surface area contributed by atoms with Gasteiger partial charge in [0, 0.05) is 35.8 Å². The molecule has 1 atom stereocenters. The van der Waals surface area contributed by atoms with E-state index in [1.54, 1.807) is 53.6 Å². The maximum absolute atomic E-state index is 13.2. The highest BCUT2D eigenvalue weighted by Crippen LogP contribution is 2.29.